The number of para-hydroxylation sites is 4. The number of methoxy groups -OCH3 is 1. The molecule has 0 saturated heterocycles. The topological polar surface area (TPSA) is 96.7 Å². The highest BCUT2D eigenvalue weighted by Gasteiger charge is 2.32. The largest absolute Gasteiger partial charge is 0.497 e. The van der Waals surface area contributed by atoms with Crippen molar-refractivity contribution in [1.29, 1.82) is 0 Å². The summed E-state index contributed by atoms with van der Waals surface area (Å²) in [6.07, 6.45) is 3.59. The third kappa shape index (κ3) is 6.12. The van der Waals surface area contributed by atoms with Gasteiger partial charge in [0.25, 0.3) is 0 Å². The molecule has 1 atom stereocenters. The molecule has 1 unspecified atom stereocenters. The van der Waals surface area contributed by atoms with Gasteiger partial charge < -0.3 is 26.0 Å². The Morgan fingerprint density at radius 3 is 2.51 bits per heavy atom. The molecule has 2 amide bonds. The van der Waals surface area contributed by atoms with E-state index in [2.05, 4.69) is 15.5 Å². The Labute approximate surface area is 206 Å². The molecule has 7 heteroatoms. The number of hydrogen-bond acceptors (Lipinski definition) is 5. The van der Waals surface area contributed by atoms with Crippen molar-refractivity contribution in [3.63, 3.8) is 0 Å². The Kier molecular flexibility index (Phi) is 7.88. The van der Waals surface area contributed by atoms with Crippen molar-refractivity contribution in [3.05, 3.63) is 78.4 Å². The van der Waals surface area contributed by atoms with E-state index in [0.29, 0.717) is 30.8 Å². The zero-order chi connectivity index (χ0) is 24.6. The minimum Gasteiger partial charge on any atom is -0.497 e. The molecule has 4 rings (SSSR count). The summed E-state index contributed by atoms with van der Waals surface area (Å²) in [6.45, 7) is 0.625. The number of rotatable bonds is 10. The molecule has 0 aliphatic carbocycles. The van der Waals surface area contributed by atoms with Crippen LogP contribution in [0, 0.1) is 0 Å². The fourth-order valence-electron chi connectivity index (χ4n) is 4.39. The number of nitrogen functional groups attached to an aromatic ring is 1. The number of carbonyl (C=O) groups excluding carboxylic acids is 2. The van der Waals surface area contributed by atoms with Crippen LogP contribution in [0.1, 0.15) is 37.7 Å². The molecule has 0 radical (unpaired) electrons. The van der Waals surface area contributed by atoms with E-state index in [-0.39, 0.29) is 17.9 Å². The van der Waals surface area contributed by atoms with Crippen LogP contribution in [0.15, 0.2) is 72.8 Å². The maximum absolute atomic E-state index is 13.0. The van der Waals surface area contributed by atoms with Crippen molar-refractivity contribution < 1.29 is 14.3 Å². The van der Waals surface area contributed by atoms with Crippen LogP contribution in [0.2, 0.25) is 0 Å². The molecule has 182 valence electrons. The van der Waals surface area contributed by atoms with Crippen LogP contribution in [0.4, 0.5) is 22.7 Å². The minimum absolute atomic E-state index is 0.00880. The predicted molar refractivity (Wildman–Crippen MR) is 141 cm³/mol. The Hall–Kier alpha value is -4.00. The van der Waals surface area contributed by atoms with E-state index in [4.69, 9.17) is 10.5 Å². The van der Waals surface area contributed by atoms with Gasteiger partial charge in [-0.15, -0.1) is 0 Å². The number of fused-ring (bicyclic) bond motifs is 1. The Morgan fingerprint density at radius 1 is 1.00 bits per heavy atom. The van der Waals surface area contributed by atoms with Crippen molar-refractivity contribution in [1.82, 2.24) is 0 Å². The third-order valence-electron chi connectivity index (χ3n) is 6.28. The summed E-state index contributed by atoms with van der Waals surface area (Å²) < 4.78 is 5.27. The van der Waals surface area contributed by atoms with Crippen LogP contribution in [0.3, 0.4) is 0 Å². The molecule has 35 heavy (non-hydrogen) atoms. The molecule has 0 bridgehead atoms. The van der Waals surface area contributed by atoms with Crippen LogP contribution < -0.4 is 26.0 Å². The van der Waals surface area contributed by atoms with Gasteiger partial charge in [0, 0.05) is 13.0 Å². The lowest BCUT2D eigenvalue weighted by molar-refractivity contribution is -0.118. The van der Waals surface area contributed by atoms with E-state index < -0.39 is 0 Å². The molecule has 0 fully saturated rings. The van der Waals surface area contributed by atoms with Crippen molar-refractivity contribution >= 4 is 34.6 Å². The molecule has 3 aromatic rings. The molecule has 0 saturated carbocycles. The lowest BCUT2D eigenvalue weighted by Crippen LogP contribution is -2.47. The van der Waals surface area contributed by atoms with Crippen LogP contribution in [0.25, 0.3) is 0 Å². The van der Waals surface area contributed by atoms with Crippen LogP contribution in [0.5, 0.6) is 5.75 Å². The number of nitrogens with one attached hydrogen (secondary N) is 2. The first-order chi connectivity index (χ1) is 17.0. The number of ether oxygens (including phenoxy) is 1. The molecule has 0 aromatic heterocycles. The first-order valence-electron chi connectivity index (χ1n) is 12.0. The van der Waals surface area contributed by atoms with Crippen LogP contribution in [-0.4, -0.2) is 25.0 Å². The number of carbonyl (C=O) groups is 2. The summed E-state index contributed by atoms with van der Waals surface area (Å²) in [5.41, 5.74) is 10.1. The molecule has 7 nitrogen and oxygen atoms in total. The van der Waals surface area contributed by atoms with Gasteiger partial charge in [-0.3, -0.25) is 9.59 Å². The van der Waals surface area contributed by atoms with E-state index >= 15 is 0 Å². The molecule has 1 aliphatic rings. The fraction of sp³-hybridized carbons (Fsp3) is 0.286. The van der Waals surface area contributed by atoms with Gasteiger partial charge in [-0.25, -0.2) is 0 Å². The molecule has 1 aliphatic heterocycles. The van der Waals surface area contributed by atoms with Gasteiger partial charge in [0.05, 0.1) is 29.9 Å². The first-order valence-corrected chi connectivity index (χ1v) is 12.0. The van der Waals surface area contributed by atoms with E-state index in [1.54, 1.807) is 19.2 Å². The zero-order valence-electron chi connectivity index (χ0n) is 20.0. The molecule has 4 N–H and O–H groups in total. The van der Waals surface area contributed by atoms with Gasteiger partial charge in [0.15, 0.2) is 0 Å². The molecule has 3 aromatic carbocycles. The van der Waals surface area contributed by atoms with Crippen LogP contribution >= 0.6 is 0 Å². The van der Waals surface area contributed by atoms with Crippen molar-refractivity contribution in [2.45, 2.75) is 44.7 Å². The SMILES string of the molecule is COc1ccc(CN2c3ccccc3NC(=O)C2CCCCCC(=O)Nc2ccccc2N)cc1. The smallest absolute Gasteiger partial charge is 0.247 e. The highest BCUT2D eigenvalue weighted by atomic mass is 16.5. The monoisotopic (exact) mass is 472 g/mol. The summed E-state index contributed by atoms with van der Waals surface area (Å²) in [4.78, 5) is 27.5. The standard InChI is InChI=1S/C28H32N4O3/c1-35-21-17-15-20(16-18-21)19-32-25-12-8-7-11-24(25)31-28(34)26(32)13-3-2-4-14-27(33)30-23-10-6-5-9-22(23)29/h5-12,15-18,26H,2-4,13-14,19,29H2,1H3,(H,30,33)(H,31,34). The summed E-state index contributed by atoms with van der Waals surface area (Å²) in [6, 6.07) is 22.8. The van der Waals surface area contributed by atoms with Gasteiger partial charge in [-0.05, 0) is 54.8 Å². The summed E-state index contributed by atoms with van der Waals surface area (Å²) >= 11 is 0. The fourth-order valence-corrected chi connectivity index (χ4v) is 4.39. The number of unbranched alkanes of at least 4 members (excludes halogenated alkanes) is 2. The number of amides is 2. The zero-order valence-corrected chi connectivity index (χ0v) is 20.0. The van der Waals surface area contributed by atoms with E-state index in [1.165, 1.54) is 0 Å². The summed E-state index contributed by atoms with van der Waals surface area (Å²) in [7, 11) is 1.65. The van der Waals surface area contributed by atoms with E-state index in [9.17, 15) is 9.59 Å². The van der Waals surface area contributed by atoms with Gasteiger partial charge >= 0.3 is 0 Å². The van der Waals surface area contributed by atoms with E-state index in [0.717, 1.165) is 42.0 Å². The van der Waals surface area contributed by atoms with Gasteiger partial charge in [0.2, 0.25) is 11.8 Å². The Morgan fingerprint density at radius 2 is 1.74 bits per heavy atom. The number of nitrogens with zero attached hydrogens (tertiary/aromatic N) is 1. The van der Waals surface area contributed by atoms with Crippen molar-refractivity contribution in [3.8, 4) is 5.75 Å². The lowest BCUT2D eigenvalue weighted by Gasteiger charge is -2.38. The first kappa shape index (κ1) is 24.1. The van der Waals surface area contributed by atoms with Gasteiger partial charge in [-0.2, -0.15) is 0 Å². The second kappa shape index (κ2) is 11.4. The maximum atomic E-state index is 13.0. The van der Waals surface area contributed by atoms with Crippen molar-refractivity contribution in [2.75, 3.05) is 28.4 Å². The molecular formula is C28H32N4O3. The summed E-state index contributed by atoms with van der Waals surface area (Å²) in [5, 5.41) is 5.92. The van der Waals surface area contributed by atoms with Crippen molar-refractivity contribution in [2.24, 2.45) is 0 Å². The Bertz CT molecular complexity index is 1160. The predicted octanol–water partition coefficient (Wildman–Crippen LogP) is 5.19. The van der Waals surface area contributed by atoms with E-state index in [1.807, 2.05) is 60.7 Å². The maximum Gasteiger partial charge on any atom is 0.247 e. The van der Waals surface area contributed by atoms with Crippen LogP contribution in [-0.2, 0) is 16.1 Å². The molecule has 0 spiro atoms. The number of nitrogens with two attached hydrogens (primary N) is 1. The quantitative estimate of drug-likeness (QED) is 0.279. The number of anilines is 4. The minimum atomic E-state index is -0.273. The summed E-state index contributed by atoms with van der Waals surface area (Å²) in [5.74, 6) is 0.768. The normalized spacial score (nSPS) is 14.7. The second-order valence-electron chi connectivity index (χ2n) is 8.73. The molecule has 1 heterocycles. The number of hydrogen-bond donors (Lipinski definition) is 3. The second-order valence-corrected chi connectivity index (χ2v) is 8.73. The Balaban J connectivity index is 1.34. The third-order valence-corrected chi connectivity index (χ3v) is 6.28. The highest BCUT2D eigenvalue weighted by Crippen LogP contribution is 2.34. The van der Waals surface area contributed by atoms with Gasteiger partial charge in [-0.1, -0.05) is 49.2 Å². The van der Waals surface area contributed by atoms with Gasteiger partial charge in [0.1, 0.15) is 11.8 Å². The number of benzene rings is 3. The molecular weight excluding hydrogens is 440 g/mol. The average Bonchev–Trinajstić information content (AvgIpc) is 2.87. The lowest BCUT2D eigenvalue weighted by atomic mass is 10.00. The highest BCUT2D eigenvalue weighted by molar-refractivity contribution is 6.03. The average molecular weight is 473 g/mol.